The second kappa shape index (κ2) is 8.17. The van der Waals surface area contributed by atoms with Crippen molar-refractivity contribution in [2.45, 2.75) is 33.0 Å². The van der Waals surface area contributed by atoms with Crippen LogP contribution in [0.4, 0.5) is 10.7 Å². The Balaban J connectivity index is 1.58. The quantitative estimate of drug-likeness (QED) is 0.688. The van der Waals surface area contributed by atoms with Crippen LogP contribution < -0.4 is 15.2 Å². The molecule has 2 aromatic rings. The van der Waals surface area contributed by atoms with Crippen LogP contribution in [0.15, 0.2) is 30.3 Å². The number of nitrogens with one attached hydrogen (secondary N) is 1. The lowest BCUT2D eigenvalue weighted by Gasteiger charge is -2.34. The lowest BCUT2D eigenvalue weighted by Crippen LogP contribution is -2.51. The van der Waals surface area contributed by atoms with Gasteiger partial charge >= 0.3 is 0 Å². The molecule has 0 bridgehead atoms. The van der Waals surface area contributed by atoms with Gasteiger partial charge in [0.15, 0.2) is 4.88 Å². The second-order valence-corrected chi connectivity index (χ2v) is 10.5. The summed E-state index contributed by atoms with van der Waals surface area (Å²) in [5.41, 5.74) is 7.91. The molecule has 1 N–H and O–H groups in total. The van der Waals surface area contributed by atoms with Crippen LogP contribution in [0.3, 0.4) is 0 Å². The number of rotatable bonds is 5. The van der Waals surface area contributed by atoms with Crippen LogP contribution in [0, 0.1) is 0 Å². The first-order valence-corrected chi connectivity index (χ1v) is 12.9. The Morgan fingerprint density at radius 2 is 2.00 bits per heavy atom. The maximum atomic E-state index is 6.67. The van der Waals surface area contributed by atoms with Crippen molar-refractivity contribution in [1.82, 2.24) is 15.3 Å². The molecule has 5 rings (SSSR count). The van der Waals surface area contributed by atoms with Crippen LogP contribution in [0.2, 0.25) is 5.02 Å². The van der Waals surface area contributed by atoms with Gasteiger partial charge in [0.2, 0.25) is 0 Å². The molecule has 160 valence electrons. The van der Waals surface area contributed by atoms with E-state index in [9.17, 15) is 0 Å². The molecule has 2 aliphatic heterocycles. The van der Waals surface area contributed by atoms with Crippen LogP contribution in [0.5, 0.6) is 0 Å². The molecule has 0 amide bonds. The fraction of sp³-hybridized carbons (Fsp3) is 0.478. The number of hydrogen-bond donors (Lipinski definition) is 1. The molecule has 30 heavy (non-hydrogen) atoms. The van der Waals surface area contributed by atoms with Crippen molar-refractivity contribution in [2.24, 2.45) is 6.26 Å². The van der Waals surface area contributed by atoms with Crippen LogP contribution in [-0.2, 0) is 19.2 Å². The van der Waals surface area contributed by atoms with Gasteiger partial charge in [-0.05, 0) is 37.7 Å². The number of para-hydroxylation sites is 1. The molecule has 7 heteroatoms. The first kappa shape index (κ1) is 20.3. The molecule has 1 aromatic heterocycles. The third kappa shape index (κ3) is 3.26. The van der Waals surface area contributed by atoms with E-state index in [2.05, 4.69) is 69.5 Å². The fourth-order valence-corrected chi connectivity index (χ4v) is 7.49. The molecule has 1 fully saturated rings. The topological polar surface area (TPSA) is 25.0 Å². The van der Waals surface area contributed by atoms with E-state index < -0.39 is 0 Å². The van der Waals surface area contributed by atoms with Crippen molar-refractivity contribution >= 4 is 38.8 Å². The van der Waals surface area contributed by atoms with Gasteiger partial charge in [0.05, 0.1) is 42.7 Å². The van der Waals surface area contributed by atoms with Crippen LogP contribution >= 0.6 is 22.1 Å². The van der Waals surface area contributed by atoms with Crippen molar-refractivity contribution in [3.63, 3.8) is 0 Å². The number of nitrogens with zero attached hydrogens (tertiary/aromatic N) is 4. The molecule has 0 radical (unpaired) electrons. The average molecular weight is 445 g/mol. The maximum absolute atomic E-state index is 6.67. The number of hydrazine groups is 1. The number of fused-ring (bicyclic) bond motifs is 5. The molecule has 1 aromatic carbocycles. The summed E-state index contributed by atoms with van der Waals surface area (Å²) >= 11 is 6.67. The number of halogens is 1. The Morgan fingerprint density at radius 3 is 2.77 bits per heavy atom. The highest BCUT2D eigenvalue weighted by molar-refractivity contribution is 7.34. The number of thiophene rings is 1. The molecule has 3 heterocycles. The third-order valence-electron chi connectivity index (χ3n) is 6.73. The first-order valence-electron chi connectivity index (χ1n) is 10.9. The van der Waals surface area contributed by atoms with Crippen molar-refractivity contribution in [2.75, 3.05) is 42.8 Å². The Morgan fingerprint density at radius 1 is 1.20 bits per heavy atom. The predicted molar refractivity (Wildman–Crippen MR) is 129 cm³/mol. The Labute approximate surface area is 187 Å². The van der Waals surface area contributed by atoms with Gasteiger partial charge in [-0.15, -0.1) is 0 Å². The van der Waals surface area contributed by atoms with Crippen LogP contribution in [0.25, 0.3) is 6.08 Å². The Bertz CT molecular complexity index is 967. The van der Waals surface area contributed by atoms with Crippen molar-refractivity contribution < 1.29 is 0 Å². The highest BCUT2D eigenvalue weighted by Gasteiger charge is 2.45. The number of anilines is 2. The summed E-state index contributed by atoms with van der Waals surface area (Å²) in [6, 6.07) is 8.29. The molecule has 1 aliphatic carbocycles. The summed E-state index contributed by atoms with van der Waals surface area (Å²) < 4.78 is 0. The van der Waals surface area contributed by atoms with E-state index in [1.807, 2.05) is 12.1 Å². The molecule has 1 saturated heterocycles. The van der Waals surface area contributed by atoms with Crippen LogP contribution in [-0.4, -0.2) is 49.0 Å². The zero-order chi connectivity index (χ0) is 20.8. The number of benzene rings is 1. The number of allylic oxidation sites excluding steroid dienone is 1. The molecule has 2 unspecified atom stereocenters. The summed E-state index contributed by atoms with van der Waals surface area (Å²) in [5.74, 6) is 0. The normalized spacial score (nSPS) is 21.2. The van der Waals surface area contributed by atoms with Gasteiger partial charge in [0, 0.05) is 16.0 Å². The summed E-state index contributed by atoms with van der Waals surface area (Å²) in [4.78, 5) is 9.14. The van der Waals surface area contributed by atoms with Gasteiger partial charge < -0.3 is 4.90 Å². The van der Waals surface area contributed by atoms with E-state index in [-0.39, 0.29) is 16.6 Å². The molecule has 2 atom stereocenters. The highest BCUT2D eigenvalue weighted by Crippen LogP contribution is 2.50. The molecule has 5 nitrogen and oxygen atoms in total. The van der Waals surface area contributed by atoms with Gasteiger partial charge in [-0.1, -0.05) is 43.7 Å². The molecule has 0 saturated carbocycles. The fourth-order valence-electron chi connectivity index (χ4n) is 5.05. The lowest BCUT2D eigenvalue weighted by atomic mass is 10.1. The second-order valence-electron chi connectivity index (χ2n) is 8.26. The zero-order valence-corrected chi connectivity index (χ0v) is 19.6. The monoisotopic (exact) mass is 444 g/mol. The molecule has 3 aliphatic rings. The maximum Gasteiger partial charge on any atom is 0.251 e. The van der Waals surface area contributed by atoms with E-state index >= 15 is 0 Å². The minimum Gasteiger partial charge on any atom is -0.362 e. The van der Waals surface area contributed by atoms with Gasteiger partial charge in [0.1, 0.15) is 12.4 Å². The lowest BCUT2D eigenvalue weighted by molar-refractivity contribution is 0.0915. The largest absolute Gasteiger partial charge is 0.362 e. The average Bonchev–Trinajstić information content (AvgIpc) is 3.41. The SMILES string of the molecule is CCN(CC)CN1NCN2c3c(c4c([s+]3C)C=CC4)CN(c3ccccc3Cl)CC12. The number of hydrogen-bond acceptors (Lipinski definition) is 5. The van der Waals surface area contributed by atoms with Gasteiger partial charge in [-0.3, -0.25) is 9.80 Å². The van der Waals surface area contributed by atoms with Gasteiger partial charge in [-0.25, -0.2) is 10.4 Å². The molecular formula is C23H31ClN5S+. The smallest absolute Gasteiger partial charge is 0.251 e. The van der Waals surface area contributed by atoms with E-state index in [4.69, 9.17) is 11.6 Å². The standard InChI is InChI=1S/C23H31ClN5S/c1-4-26(5-2)16-29-22-14-27(20-11-7-6-10-19(20)24)13-18-17-9-8-12-21(17)30(3)23(18)28(22)15-25-29/h6-8,10-12,22,25H,4-5,9,13-16H2,1-3H3/q+1. The van der Waals surface area contributed by atoms with Crippen molar-refractivity contribution in [3.8, 4) is 0 Å². The Kier molecular flexibility index (Phi) is 5.54. The Hall–Kier alpha value is -1.57. The molecule has 0 spiro atoms. The summed E-state index contributed by atoms with van der Waals surface area (Å²) in [6.07, 6.45) is 8.45. The van der Waals surface area contributed by atoms with E-state index in [0.717, 1.165) is 56.6 Å². The summed E-state index contributed by atoms with van der Waals surface area (Å²) in [6.45, 7) is 10.3. The van der Waals surface area contributed by atoms with Crippen molar-refractivity contribution in [1.29, 1.82) is 0 Å². The third-order valence-corrected chi connectivity index (χ3v) is 9.15. The highest BCUT2D eigenvalue weighted by atomic mass is 35.5. The first-order chi connectivity index (χ1) is 14.6. The van der Waals surface area contributed by atoms with Crippen molar-refractivity contribution in [3.05, 3.63) is 51.4 Å². The van der Waals surface area contributed by atoms with Gasteiger partial charge in [-0.2, -0.15) is 0 Å². The van der Waals surface area contributed by atoms with E-state index in [1.165, 1.54) is 5.56 Å². The summed E-state index contributed by atoms with van der Waals surface area (Å²) in [5, 5.41) is 4.81. The predicted octanol–water partition coefficient (Wildman–Crippen LogP) is 4.43. The minimum absolute atomic E-state index is 0.134. The minimum atomic E-state index is 0.134. The summed E-state index contributed by atoms with van der Waals surface area (Å²) in [7, 11) is 0.134. The van der Waals surface area contributed by atoms with Crippen LogP contribution in [0.1, 0.15) is 29.9 Å². The molecular weight excluding hydrogens is 414 g/mol. The van der Waals surface area contributed by atoms with E-state index in [0.29, 0.717) is 0 Å². The zero-order valence-electron chi connectivity index (χ0n) is 18.1. The van der Waals surface area contributed by atoms with E-state index in [1.54, 1.807) is 15.4 Å². The van der Waals surface area contributed by atoms with Gasteiger partial charge in [0.25, 0.3) is 5.00 Å².